The Kier molecular flexibility index (Phi) is 4.26. The summed E-state index contributed by atoms with van der Waals surface area (Å²) < 4.78 is 5.85. The molecule has 1 aliphatic rings. The summed E-state index contributed by atoms with van der Waals surface area (Å²) in [4.78, 5) is 38.0. The highest BCUT2D eigenvalue weighted by Crippen LogP contribution is 2.27. The molecule has 7 heteroatoms. The summed E-state index contributed by atoms with van der Waals surface area (Å²) in [5.41, 5.74) is 1.44. The number of H-pyrrole nitrogens is 1. The fourth-order valence-corrected chi connectivity index (χ4v) is 2.95. The van der Waals surface area contributed by atoms with Gasteiger partial charge in [0.1, 0.15) is 17.3 Å². The van der Waals surface area contributed by atoms with E-state index < -0.39 is 0 Å². The summed E-state index contributed by atoms with van der Waals surface area (Å²) in [5.74, 6) is 2.02. The van der Waals surface area contributed by atoms with Gasteiger partial charge in [-0.3, -0.25) is 9.59 Å². The Balaban J connectivity index is 1.77. The van der Waals surface area contributed by atoms with Crippen LogP contribution in [0, 0.1) is 13.8 Å². The van der Waals surface area contributed by atoms with Gasteiger partial charge in [0.2, 0.25) is 5.91 Å². The maximum absolute atomic E-state index is 12.7. The molecule has 0 aliphatic carbocycles. The number of rotatable bonds is 2. The van der Waals surface area contributed by atoms with Crippen LogP contribution in [-0.2, 0) is 29.6 Å². The van der Waals surface area contributed by atoms with Crippen molar-refractivity contribution in [2.45, 2.75) is 59.4 Å². The maximum Gasteiger partial charge on any atom is 0.254 e. The lowest BCUT2D eigenvalue weighted by molar-refractivity contribution is -0.131. The first-order valence-electron chi connectivity index (χ1n) is 8.48. The monoisotopic (exact) mass is 344 g/mol. The van der Waals surface area contributed by atoms with Gasteiger partial charge in [0.25, 0.3) is 5.56 Å². The number of hydrogen-bond donors (Lipinski definition) is 1. The third-order valence-corrected chi connectivity index (χ3v) is 4.39. The summed E-state index contributed by atoms with van der Waals surface area (Å²) >= 11 is 0. The van der Waals surface area contributed by atoms with Crippen molar-refractivity contribution in [3.63, 3.8) is 0 Å². The van der Waals surface area contributed by atoms with E-state index in [1.807, 2.05) is 20.8 Å². The van der Waals surface area contributed by atoms with E-state index in [2.05, 4.69) is 15.0 Å². The van der Waals surface area contributed by atoms with Crippen molar-refractivity contribution >= 4 is 5.91 Å². The van der Waals surface area contributed by atoms with E-state index >= 15 is 0 Å². The van der Waals surface area contributed by atoms with Crippen LogP contribution < -0.4 is 5.56 Å². The fourth-order valence-electron chi connectivity index (χ4n) is 2.95. The van der Waals surface area contributed by atoms with Crippen molar-refractivity contribution < 1.29 is 9.21 Å². The first-order chi connectivity index (χ1) is 11.6. The maximum atomic E-state index is 12.7. The fraction of sp³-hybridized carbons (Fsp3) is 0.556. The Morgan fingerprint density at radius 2 is 2.00 bits per heavy atom. The van der Waals surface area contributed by atoms with Gasteiger partial charge in [-0.15, -0.1) is 0 Å². The van der Waals surface area contributed by atoms with E-state index in [1.54, 1.807) is 18.7 Å². The van der Waals surface area contributed by atoms with Crippen LogP contribution in [0.4, 0.5) is 0 Å². The van der Waals surface area contributed by atoms with Gasteiger partial charge in [-0.25, -0.2) is 9.97 Å². The van der Waals surface area contributed by atoms with Gasteiger partial charge in [0.15, 0.2) is 5.89 Å². The molecule has 1 amide bonds. The molecule has 3 rings (SSSR count). The van der Waals surface area contributed by atoms with Gasteiger partial charge in [0, 0.05) is 29.6 Å². The van der Waals surface area contributed by atoms with Gasteiger partial charge in [-0.05, 0) is 13.8 Å². The van der Waals surface area contributed by atoms with Crippen LogP contribution >= 0.6 is 0 Å². The molecule has 2 aromatic heterocycles. The number of aromatic amines is 1. The number of carbonyl (C=O) groups excluding carboxylic acids is 1. The van der Waals surface area contributed by atoms with Crippen LogP contribution in [0.1, 0.15) is 55.2 Å². The molecule has 0 radical (unpaired) electrons. The molecule has 0 unspecified atom stereocenters. The standard InChI is InChI=1S/C18H24N4O3/c1-10-12(16(24)20-11(2)19-10)8-15(23)22-7-6-14-13(9-22)21-17(25-14)18(3,4)5/h6-9H2,1-5H3,(H,19,20,24). The summed E-state index contributed by atoms with van der Waals surface area (Å²) in [7, 11) is 0. The number of nitrogens with zero attached hydrogens (tertiary/aromatic N) is 3. The minimum absolute atomic E-state index is 0.0494. The minimum Gasteiger partial charge on any atom is -0.445 e. The zero-order chi connectivity index (χ0) is 18.4. The molecule has 3 heterocycles. The molecule has 0 fully saturated rings. The first-order valence-corrected chi connectivity index (χ1v) is 8.48. The molecule has 0 saturated heterocycles. The van der Waals surface area contributed by atoms with Crippen molar-refractivity contribution in [1.29, 1.82) is 0 Å². The average molecular weight is 344 g/mol. The Morgan fingerprint density at radius 1 is 1.28 bits per heavy atom. The van der Waals surface area contributed by atoms with Crippen LogP contribution in [0.25, 0.3) is 0 Å². The molecule has 0 saturated carbocycles. The van der Waals surface area contributed by atoms with Crippen molar-refractivity contribution in [2.24, 2.45) is 0 Å². The number of fused-ring (bicyclic) bond motifs is 1. The SMILES string of the molecule is Cc1nc(C)c(CC(=O)N2CCc3oc(C(C)(C)C)nc3C2)c(=O)[nH]1. The smallest absolute Gasteiger partial charge is 0.254 e. The topological polar surface area (TPSA) is 92.1 Å². The van der Waals surface area contributed by atoms with Crippen molar-refractivity contribution in [3.05, 3.63) is 44.8 Å². The number of carbonyl (C=O) groups is 1. The number of amides is 1. The third kappa shape index (κ3) is 3.50. The van der Waals surface area contributed by atoms with E-state index in [0.29, 0.717) is 42.5 Å². The normalized spacial score (nSPS) is 14.5. The zero-order valence-corrected chi connectivity index (χ0v) is 15.4. The number of aromatic nitrogens is 3. The van der Waals surface area contributed by atoms with Gasteiger partial charge in [-0.1, -0.05) is 20.8 Å². The summed E-state index contributed by atoms with van der Waals surface area (Å²) in [5, 5.41) is 0. The lowest BCUT2D eigenvalue weighted by atomic mass is 9.97. The molecule has 0 bridgehead atoms. The van der Waals surface area contributed by atoms with E-state index in [-0.39, 0.29) is 23.3 Å². The van der Waals surface area contributed by atoms with Gasteiger partial charge >= 0.3 is 0 Å². The number of hydrogen-bond acceptors (Lipinski definition) is 5. The van der Waals surface area contributed by atoms with Crippen molar-refractivity contribution in [2.75, 3.05) is 6.54 Å². The molecule has 0 atom stereocenters. The quantitative estimate of drug-likeness (QED) is 0.897. The van der Waals surface area contributed by atoms with Gasteiger partial charge < -0.3 is 14.3 Å². The Morgan fingerprint density at radius 3 is 2.64 bits per heavy atom. The van der Waals surface area contributed by atoms with E-state index in [4.69, 9.17) is 4.42 Å². The van der Waals surface area contributed by atoms with Gasteiger partial charge in [-0.2, -0.15) is 0 Å². The van der Waals surface area contributed by atoms with Crippen LogP contribution in [-0.4, -0.2) is 32.3 Å². The highest BCUT2D eigenvalue weighted by molar-refractivity contribution is 5.79. The lowest BCUT2D eigenvalue weighted by Crippen LogP contribution is -2.38. The molecule has 1 aliphatic heterocycles. The molecule has 134 valence electrons. The number of nitrogens with one attached hydrogen (secondary N) is 1. The summed E-state index contributed by atoms with van der Waals surface area (Å²) in [6, 6.07) is 0. The zero-order valence-electron chi connectivity index (χ0n) is 15.4. The molecule has 1 N–H and O–H groups in total. The van der Waals surface area contributed by atoms with Crippen LogP contribution in [0.15, 0.2) is 9.21 Å². The second-order valence-corrected chi connectivity index (χ2v) is 7.60. The molecule has 0 spiro atoms. The van der Waals surface area contributed by atoms with E-state index in [0.717, 1.165) is 11.5 Å². The minimum atomic E-state index is -0.243. The largest absolute Gasteiger partial charge is 0.445 e. The molecule has 25 heavy (non-hydrogen) atoms. The Labute approximate surface area is 146 Å². The number of aryl methyl sites for hydroxylation is 2. The predicted octanol–water partition coefficient (Wildman–Crippen LogP) is 1.80. The molecule has 2 aromatic rings. The molecular weight excluding hydrogens is 320 g/mol. The van der Waals surface area contributed by atoms with Crippen LogP contribution in [0.2, 0.25) is 0 Å². The lowest BCUT2D eigenvalue weighted by Gasteiger charge is -2.25. The second-order valence-electron chi connectivity index (χ2n) is 7.60. The highest BCUT2D eigenvalue weighted by Gasteiger charge is 2.29. The number of oxazole rings is 1. The van der Waals surface area contributed by atoms with Crippen molar-refractivity contribution in [3.8, 4) is 0 Å². The average Bonchev–Trinajstić information content (AvgIpc) is 2.93. The first kappa shape index (κ1) is 17.4. The predicted molar refractivity (Wildman–Crippen MR) is 92.4 cm³/mol. The molecule has 0 aromatic carbocycles. The van der Waals surface area contributed by atoms with Crippen LogP contribution in [0.5, 0.6) is 0 Å². The van der Waals surface area contributed by atoms with Crippen LogP contribution in [0.3, 0.4) is 0 Å². The second kappa shape index (κ2) is 6.13. The van der Waals surface area contributed by atoms with Gasteiger partial charge in [0.05, 0.1) is 13.0 Å². The van der Waals surface area contributed by atoms with Crippen molar-refractivity contribution in [1.82, 2.24) is 19.9 Å². The van der Waals surface area contributed by atoms with E-state index in [9.17, 15) is 9.59 Å². The molecular formula is C18H24N4O3. The third-order valence-electron chi connectivity index (χ3n) is 4.39. The Bertz CT molecular complexity index is 873. The molecule has 7 nitrogen and oxygen atoms in total. The van der Waals surface area contributed by atoms with E-state index in [1.165, 1.54) is 0 Å². The Hall–Kier alpha value is -2.44. The highest BCUT2D eigenvalue weighted by atomic mass is 16.4. The summed E-state index contributed by atoms with van der Waals surface area (Å²) in [6.45, 7) is 10.6. The summed E-state index contributed by atoms with van der Waals surface area (Å²) in [6.07, 6.45) is 0.694.